The second-order valence-electron chi connectivity index (χ2n) is 6.48. The van der Waals surface area contributed by atoms with E-state index in [4.69, 9.17) is 0 Å². The number of rotatable bonds is 4. The molecule has 0 aliphatic carbocycles. The van der Waals surface area contributed by atoms with Crippen LogP contribution in [-0.2, 0) is 6.54 Å². The van der Waals surface area contributed by atoms with E-state index in [1.165, 1.54) is 6.07 Å². The molecule has 0 aliphatic rings. The number of fused-ring (bicyclic) bond motifs is 1. The summed E-state index contributed by atoms with van der Waals surface area (Å²) >= 11 is 0. The second kappa shape index (κ2) is 6.63. The van der Waals surface area contributed by atoms with E-state index in [9.17, 15) is 9.18 Å². The molecule has 25 heavy (non-hydrogen) atoms. The maximum Gasteiger partial charge on any atom is 0.253 e. The lowest BCUT2D eigenvalue weighted by Crippen LogP contribution is -2.24. The number of hydrogen-bond donors (Lipinski definition) is 1. The largest absolute Gasteiger partial charge is 0.348 e. The molecule has 2 aromatic heterocycles. The molecule has 0 saturated carbocycles. The molecule has 0 saturated heterocycles. The number of nitrogens with zero attached hydrogens (tertiary/aromatic N) is 3. The lowest BCUT2D eigenvalue weighted by molar-refractivity contribution is 0.0950. The van der Waals surface area contributed by atoms with Gasteiger partial charge in [0, 0.05) is 18.0 Å². The molecule has 0 atom stereocenters. The minimum Gasteiger partial charge on any atom is -0.348 e. The Hall–Kier alpha value is -2.76. The molecule has 0 fully saturated rings. The van der Waals surface area contributed by atoms with Crippen LogP contribution in [-0.4, -0.2) is 20.7 Å². The van der Waals surface area contributed by atoms with Crippen LogP contribution < -0.4 is 5.32 Å². The third kappa shape index (κ3) is 3.38. The highest BCUT2D eigenvalue weighted by Gasteiger charge is 2.15. The number of hydrogen-bond acceptors (Lipinski definition) is 3. The molecule has 0 bridgehead atoms. The van der Waals surface area contributed by atoms with Crippen LogP contribution in [0.5, 0.6) is 0 Å². The van der Waals surface area contributed by atoms with Crippen molar-refractivity contribution >= 4 is 16.9 Å². The Bertz CT molecular complexity index is 946. The van der Waals surface area contributed by atoms with Crippen LogP contribution in [0.4, 0.5) is 4.39 Å². The number of carbonyl (C=O) groups excluding carboxylic acids is 1. The molecule has 0 unspecified atom stereocenters. The summed E-state index contributed by atoms with van der Waals surface area (Å²) in [4.78, 5) is 17.0. The van der Waals surface area contributed by atoms with Gasteiger partial charge in [0.1, 0.15) is 5.82 Å². The topological polar surface area (TPSA) is 59.8 Å². The van der Waals surface area contributed by atoms with E-state index in [0.29, 0.717) is 16.8 Å². The number of nitrogens with one attached hydrogen (secondary N) is 1. The van der Waals surface area contributed by atoms with E-state index in [1.54, 1.807) is 38.2 Å². The Morgan fingerprint density at radius 1 is 1.28 bits per heavy atom. The minimum atomic E-state index is -0.271. The van der Waals surface area contributed by atoms with Gasteiger partial charge in [-0.2, -0.15) is 5.10 Å². The number of pyridine rings is 1. The second-order valence-corrected chi connectivity index (χ2v) is 6.48. The fourth-order valence-corrected chi connectivity index (χ4v) is 2.70. The summed E-state index contributed by atoms with van der Waals surface area (Å²) in [6, 6.07) is 6.95. The number of aryl methyl sites for hydroxylation is 2. The third-order valence-corrected chi connectivity index (χ3v) is 4.18. The summed E-state index contributed by atoms with van der Waals surface area (Å²) < 4.78 is 15.4. The molecule has 3 aromatic rings. The zero-order valence-electron chi connectivity index (χ0n) is 14.8. The maximum atomic E-state index is 13.6. The number of amides is 1. The Morgan fingerprint density at radius 2 is 2.04 bits per heavy atom. The monoisotopic (exact) mass is 340 g/mol. The fraction of sp³-hybridized carbons (Fsp3) is 0.316. The highest BCUT2D eigenvalue weighted by atomic mass is 19.1. The van der Waals surface area contributed by atoms with Crippen molar-refractivity contribution in [3.8, 4) is 0 Å². The smallest absolute Gasteiger partial charge is 0.253 e. The van der Waals surface area contributed by atoms with Crippen molar-refractivity contribution in [3.63, 3.8) is 0 Å². The van der Waals surface area contributed by atoms with E-state index in [2.05, 4.69) is 15.4 Å². The number of aromatic nitrogens is 3. The average Bonchev–Trinajstić information content (AvgIpc) is 2.97. The SMILES string of the molecule is Cc1ccc(CNC(=O)c2cc3cnn(C(C)C)c3nc2C)cc1F. The Morgan fingerprint density at radius 3 is 2.72 bits per heavy atom. The normalized spacial score (nSPS) is 11.3. The Labute approximate surface area is 145 Å². The molecule has 5 nitrogen and oxygen atoms in total. The van der Waals surface area contributed by atoms with Gasteiger partial charge < -0.3 is 5.32 Å². The highest BCUT2D eigenvalue weighted by molar-refractivity contribution is 5.98. The van der Waals surface area contributed by atoms with Crippen LogP contribution >= 0.6 is 0 Å². The molecule has 1 N–H and O–H groups in total. The third-order valence-electron chi connectivity index (χ3n) is 4.18. The summed E-state index contributed by atoms with van der Waals surface area (Å²) in [7, 11) is 0. The first-order valence-corrected chi connectivity index (χ1v) is 8.25. The van der Waals surface area contributed by atoms with Gasteiger partial charge >= 0.3 is 0 Å². The van der Waals surface area contributed by atoms with Gasteiger partial charge in [0.05, 0.1) is 17.5 Å². The van der Waals surface area contributed by atoms with E-state index < -0.39 is 0 Å². The van der Waals surface area contributed by atoms with Gasteiger partial charge in [-0.1, -0.05) is 12.1 Å². The molecule has 3 rings (SSSR count). The molecular weight excluding hydrogens is 319 g/mol. The van der Waals surface area contributed by atoms with Crippen LogP contribution in [0.3, 0.4) is 0 Å². The van der Waals surface area contributed by atoms with Gasteiger partial charge in [0.15, 0.2) is 5.65 Å². The Kier molecular flexibility index (Phi) is 4.53. The summed E-state index contributed by atoms with van der Waals surface area (Å²) in [5, 5.41) is 7.98. The highest BCUT2D eigenvalue weighted by Crippen LogP contribution is 2.19. The molecular formula is C19H21FN4O. The summed E-state index contributed by atoms with van der Waals surface area (Å²) in [5.74, 6) is -0.503. The lowest BCUT2D eigenvalue weighted by atomic mass is 10.1. The first kappa shape index (κ1) is 17.1. The lowest BCUT2D eigenvalue weighted by Gasteiger charge is -2.10. The number of carbonyl (C=O) groups is 1. The van der Waals surface area contributed by atoms with Crippen LogP contribution in [0, 0.1) is 19.7 Å². The van der Waals surface area contributed by atoms with Gasteiger partial charge in [-0.05, 0) is 51.0 Å². The van der Waals surface area contributed by atoms with Crippen molar-refractivity contribution in [2.24, 2.45) is 0 Å². The van der Waals surface area contributed by atoms with Crippen molar-refractivity contribution in [3.05, 3.63) is 58.7 Å². The number of benzene rings is 1. The first-order chi connectivity index (χ1) is 11.9. The van der Waals surface area contributed by atoms with E-state index in [0.717, 1.165) is 16.6 Å². The van der Waals surface area contributed by atoms with Crippen molar-refractivity contribution in [2.75, 3.05) is 0 Å². The van der Waals surface area contributed by atoms with Crippen molar-refractivity contribution in [1.29, 1.82) is 0 Å². The summed E-state index contributed by atoms with van der Waals surface area (Å²) in [6.45, 7) is 7.84. The summed E-state index contributed by atoms with van der Waals surface area (Å²) in [5.41, 5.74) is 3.22. The van der Waals surface area contributed by atoms with Gasteiger partial charge in [-0.15, -0.1) is 0 Å². The molecule has 1 aromatic carbocycles. The van der Waals surface area contributed by atoms with Crippen LogP contribution in [0.15, 0.2) is 30.5 Å². The molecule has 0 radical (unpaired) electrons. The van der Waals surface area contributed by atoms with Crippen molar-refractivity contribution in [1.82, 2.24) is 20.1 Å². The van der Waals surface area contributed by atoms with Gasteiger partial charge in [0.2, 0.25) is 0 Å². The van der Waals surface area contributed by atoms with Gasteiger partial charge in [-0.3, -0.25) is 4.79 Å². The predicted octanol–water partition coefficient (Wildman–Crippen LogP) is 3.70. The fourth-order valence-electron chi connectivity index (χ4n) is 2.70. The minimum absolute atomic E-state index is 0.195. The van der Waals surface area contributed by atoms with E-state index in [1.807, 2.05) is 18.5 Å². The van der Waals surface area contributed by atoms with Gasteiger partial charge in [-0.25, -0.2) is 14.1 Å². The predicted molar refractivity (Wildman–Crippen MR) is 95.0 cm³/mol. The van der Waals surface area contributed by atoms with Gasteiger partial charge in [0.25, 0.3) is 5.91 Å². The van der Waals surface area contributed by atoms with E-state index >= 15 is 0 Å². The number of halogens is 1. The van der Waals surface area contributed by atoms with E-state index in [-0.39, 0.29) is 24.3 Å². The van der Waals surface area contributed by atoms with Crippen LogP contribution in [0.25, 0.3) is 11.0 Å². The van der Waals surface area contributed by atoms with Crippen LogP contribution in [0.2, 0.25) is 0 Å². The standard InChI is InChI=1S/C19H21FN4O/c1-11(2)24-18-15(10-22-24)8-16(13(4)23-18)19(25)21-9-14-6-5-12(3)17(20)7-14/h5-8,10-11H,9H2,1-4H3,(H,21,25). The Balaban J connectivity index is 1.82. The summed E-state index contributed by atoms with van der Waals surface area (Å²) in [6.07, 6.45) is 1.72. The van der Waals surface area contributed by atoms with Crippen molar-refractivity contribution in [2.45, 2.75) is 40.3 Å². The van der Waals surface area contributed by atoms with Crippen LogP contribution in [0.1, 0.15) is 47.1 Å². The molecule has 6 heteroatoms. The maximum absolute atomic E-state index is 13.6. The zero-order chi connectivity index (χ0) is 18.1. The zero-order valence-corrected chi connectivity index (χ0v) is 14.8. The quantitative estimate of drug-likeness (QED) is 0.788. The first-order valence-electron chi connectivity index (χ1n) is 8.25. The van der Waals surface area contributed by atoms with Crippen molar-refractivity contribution < 1.29 is 9.18 Å². The molecule has 0 aliphatic heterocycles. The molecule has 1 amide bonds. The molecule has 130 valence electrons. The average molecular weight is 340 g/mol. The molecule has 2 heterocycles. The molecule has 0 spiro atoms.